The largest absolute Gasteiger partial charge is 0.467 e. The molecule has 1 atom stereocenters. The molecular weight excluding hydrogens is 734 g/mol. The third-order valence-electron chi connectivity index (χ3n) is 8.98. The lowest BCUT2D eigenvalue weighted by atomic mass is 9.96. The van der Waals surface area contributed by atoms with Gasteiger partial charge in [0.05, 0.1) is 17.7 Å². The fraction of sp³-hybridized carbons (Fsp3) is 0.425. The quantitative estimate of drug-likeness (QED) is 0.0359. The van der Waals surface area contributed by atoms with Crippen LogP contribution in [0.15, 0.2) is 54.7 Å². The number of aliphatic hydroxyl groups excluding tert-OH is 1. The number of carbonyl (C=O) groups excluding carboxylic acids is 1. The summed E-state index contributed by atoms with van der Waals surface area (Å²) in [7, 11) is 0.162. The molecule has 15 heteroatoms. The van der Waals surface area contributed by atoms with Crippen molar-refractivity contribution in [3.05, 3.63) is 89.1 Å². The monoisotopic (exact) mass is 782 g/mol. The van der Waals surface area contributed by atoms with E-state index in [1.54, 1.807) is 59.6 Å². The topological polar surface area (TPSA) is 119 Å². The number of ether oxygens (including phenoxy) is 5. The van der Waals surface area contributed by atoms with Crippen molar-refractivity contribution < 1.29 is 46.8 Å². The molecule has 0 aliphatic carbocycles. The van der Waals surface area contributed by atoms with Gasteiger partial charge in [0.25, 0.3) is 0 Å². The summed E-state index contributed by atoms with van der Waals surface area (Å²) in [5.74, 6) is -2.93. The number of fused-ring (bicyclic) bond motifs is 1. The van der Waals surface area contributed by atoms with Crippen LogP contribution in [0.4, 0.5) is 13.2 Å². The summed E-state index contributed by atoms with van der Waals surface area (Å²) in [6.45, 7) is 11.2. The van der Waals surface area contributed by atoms with E-state index in [1.807, 2.05) is 0 Å². The fourth-order valence-corrected chi connectivity index (χ4v) is 6.72. The van der Waals surface area contributed by atoms with Crippen LogP contribution < -0.4 is 9.47 Å². The van der Waals surface area contributed by atoms with E-state index in [0.717, 1.165) is 6.04 Å². The van der Waals surface area contributed by atoms with Crippen LogP contribution in [0.1, 0.15) is 49.6 Å². The highest BCUT2D eigenvalue weighted by molar-refractivity contribution is 6.76. The molecule has 0 aliphatic heterocycles. The van der Waals surface area contributed by atoms with Gasteiger partial charge in [-0.15, -0.1) is 0 Å². The molecule has 0 aliphatic rings. The Kier molecular flexibility index (Phi) is 14.1. The van der Waals surface area contributed by atoms with E-state index in [9.17, 15) is 9.90 Å². The first-order valence-electron chi connectivity index (χ1n) is 18.3. The first-order valence-corrected chi connectivity index (χ1v) is 22.0. The van der Waals surface area contributed by atoms with Gasteiger partial charge in [-0.25, -0.2) is 22.8 Å². The lowest BCUT2D eigenvalue weighted by molar-refractivity contribution is -0.143. The standard InChI is InChI=1S/C40H49F3N4O7Si/c1-7-52-35(49)15-12-27-10-8-11-29(36(27)42)26(2)39-44-40(47(45-39)17-9-19-48)31-22-28(13-14-34(31)53-25-50-3)54-38-32(41)23-33-30(37(38)43)16-18-46(33)24-51-20-21-55(4,5)6/h8,10-11,13-14,16,18,22-23,26,48H,7,9,12,15,17,19-21,24-25H2,1-6H3. The summed E-state index contributed by atoms with van der Waals surface area (Å²) in [6, 6.07) is 13.3. The second kappa shape index (κ2) is 18.8. The Labute approximate surface area is 320 Å². The number of halogens is 3. The summed E-state index contributed by atoms with van der Waals surface area (Å²) in [5.41, 5.74) is 1.37. The van der Waals surface area contributed by atoms with Crippen LogP contribution in [0.5, 0.6) is 17.2 Å². The minimum absolute atomic E-state index is 0.0334. The van der Waals surface area contributed by atoms with Gasteiger partial charge in [-0.05, 0) is 61.2 Å². The number of aromatic nitrogens is 4. The number of hydrogen-bond acceptors (Lipinski definition) is 9. The Bertz CT molecular complexity index is 2080. The molecule has 0 radical (unpaired) electrons. The number of esters is 1. The summed E-state index contributed by atoms with van der Waals surface area (Å²) in [6.07, 6.45) is 2.17. The fourth-order valence-electron chi connectivity index (χ4n) is 5.96. The maximum absolute atomic E-state index is 15.9. The molecule has 2 aromatic heterocycles. The van der Waals surface area contributed by atoms with Gasteiger partial charge < -0.3 is 33.4 Å². The smallest absolute Gasteiger partial charge is 0.306 e. The first-order chi connectivity index (χ1) is 26.3. The molecule has 3 aromatic carbocycles. The predicted octanol–water partition coefficient (Wildman–Crippen LogP) is 8.43. The van der Waals surface area contributed by atoms with Gasteiger partial charge >= 0.3 is 5.97 Å². The third kappa shape index (κ3) is 10.3. The van der Waals surface area contributed by atoms with E-state index in [4.69, 9.17) is 33.8 Å². The number of nitrogens with zero attached hydrogens (tertiary/aromatic N) is 4. The van der Waals surface area contributed by atoms with Gasteiger partial charge in [-0.2, -0.15) is 5.10 Å². The molecule has 0 spiro atoms. The van der Waals surface area contributed by atoms with E-state index < -0.39 is 43.2 Å². The summed E-state index contributed by atoms with van der Waals surface area (Å²) < 4.78 is 78.3. The number of hydrogen-bond donors (Lipinski definition) is 1. The Morgan fingerprint density at radius 1 is 1.05 bits per heavy atom. The maximum Gasteiger partial charge on any atom is 0.306 e. The van der Waals surface area contributed by atoms with Crippen LogP contribution in [0, 0.1) is 17.5 Å². The minimum Gasteiger partial charge on any atom is -0.467 e. The molecular formula is C40H49F3N4O7Si. The third-order valence-corrected chi connectivity index (χ3v) is 10.7. The van der Waals surface area contributed by atoms with E-state index in [2.05, 4.69) is 19.6 Å². The molecule has 0 amide bonds. The number of benzene rings is 3. The first kappa shape index (κ1) is 41.5. The number of aryl methyl sites for hydroxylation is 2. The lowest BCUT2D eigenvalue weighted by Crippen LogP contribution is -2.21. The Morgan fingerprint density at radius 2 is 1.85 bits per heavy atom. The van der Waals surface area contributed by atoms with Gasteiger partial charge in [0, 0.05) is 64.9 Å². The molecule has 55 heavy (non-hydrogen) atoms. The minimum atomic E-state index is -1.30. The molecule has 0 saturated carbocycles. The Morgan fingerprint density at radius 3 is 2.58 bits per heavy atom. The second-order valence-corrected chi connectivity index (χ2v) is 19.9. The summed E-state index contributed by atoms with van der Waals surface area (Å²) in [5, 5.41) is 14.6. The van der Waals surface area contributed by atoms with Gasteiger partial charge in [0.1, 0.15) is 24.0 Å². The van der Waals surface area contributed by atoms with E-state index >= 15 is 13.2 Å². The zero-order valence-electron chi connectivity index (χ0n) is 32.2. The van der Waals surface area contributed by atoms with Crippen LogP contribution in [0.2, 0.25) is 25.7 Å². The second-order valence-electron chi connectivity index (χ2n) is 14.3. The van der Waals surface area contributed by atoms with Crippen molar-refractivity contribution in [3.63, 3.8) is 0 Å². The van der Waals surface area contributed by atoms with Gasteiger partial charge in [0.2, 0.25) is 0 Å². The van der Waals surface area contributed by atoms with E-state index in [-0.39, 0.29) is 68.9 Å². The average Bonchev–Trinajstić information content (AvgIpc) is 3.77. The van der Waals surface area contributed by atoms with Crippen LogP contribution in [-0.4, -0.2) is 72.2 Å². The van der Waals surface area contributed by atoms with Crippen LogP contribution >= 0.6 is 0 Å². The average molecular weight is 783 g/mol. The van der Waals surface area contributed by atoms with Gasteiger partial charge in [0.15, 0.2) is 35.8 Å². The van der Waals surface area contributed by atoms with E-state index in [1.165, 1.54) is 25.3 Å². The summed E-state index contributed by atoms with van der Waals surface area (Å²) in [4.78, 5) is 16.8. The van der Waals surface area contributed by atoms with Gasteiger partial charge in [-0.1, -0.05) is 44.8 Å². The maximum atomic E-state index is 15.9. The van der Waals surface area contributed by atoms with Crippen molar-refractivity contribution in [2.45, 2.75) is 78.0 Å². The molecule has 296 valence electrons. The molecule has 0 saturated heterocycles. The number of rotatable bonds is 20. The van der Waals surface area contributed by atoms with Crippen LogP contribution in [0.3, 0.4) is 0 Å². The lowest BCUT2D eigenvalue weighted by Gasteiger charge is -2.16. The SMILES string of the molecule is CCOC(=O)CCc1cccc(C(C)c2nc(-c3cc(Oc4c(F)cc5c(ccn5COCC[Si](C)(C)C)c4F)ccc3OCOC)n(CCCO)n2)c1F. The highest BCUT2D eigenvalue weighted by atomic mass is 28.3. The van der Waals surface area contributed by atoms with Gasteiger partial charge in [-0.3, -0.25) is 4.79 Å². The number of carbonyl (C=O) groups is 1. The Balaban J connectivity index is 1.48. The molecule has 0 bridgehead atoms. The van der Waals surface area contributed by atoms with Crippen molar-refractivity contribution >= 4 is 24.9 Å². The van der Waals surface area contributed by atoms with Crippen molar-refractivity contribution in [1.29, 1.82) is 0 Å². The molecule has 0 fully saturated rings. The number of methoxy groups -OCH3 is 1. The zero-order valence-corrected chi connectivity index (χ0v) is 33.2. The van der Waals surface area contributed by atoms with Crippen molar-refractivity contribution in [2.24, 2.45) is 0 Å². The highest BCUT2D eigenvalue weighted by Gasteiger charge is 2.25. The summed E-state index contributed by atoms with van der Waals surface area (Å²) >= 11 is 0. The molecule has 11 nitrogen and oxygen atoms in total. The molecule has 5 rings (SSSR count). The van der Waals surface area contributed by atoms with Crippen LogP contribution in [0.25, 0.3) is 22.3 Å². The zero-order chi connectivity index (χ0) is 39.7. The molecule has 5 aromatic rings. The van der Waals surface area contributed by atoms with Crippen molar-refractivity contribution in [3.8, 4) is 28.6 Å². The molecule has 1 N–H and O–H groups in total. The van der Waals surface area contributed by atoms with E-state index in [0.29, 0.717) is 41.0 Å². The highest BCUT2D eigenvalue weighted by Crippen LogP contribution is 2.39. The van der Waals surface area contributed by atoms with Crippen LogP contribution in [-0.2, 0) is 38.7 Å². The number of aliphatic hydroxyl groups is 1. The molecule has 2 heterocycles. The molecule has 1 unspecified atom stereocenters. The Hall–Kier alpha value is -4.70. The van der Waals surface area contributed by atoms with Crippen molar-refractivity contribution in [2.75, 3.05) is 33.7 Å². The predicted molar refractivity (Wildman–Crippen MR) is 205 cm³/mol. The van der Waals surface area contributed by atoms with Crippen molar-refractivity contribution in [1.82, 2.24) is 19.3 Å². The normalized spacial score (nSPS) is 12.3.